The number of Topliss-reactive ketones (excluding diaryl/α,β-unsaturated/α-hetero) is 1. The van der Waals surface area contributed by atoms with Crippen LogP contribution in [0.2, 0.25) is 0 Å². The van der Waals surface area contributed by atoms with Gasteiger partial charge in [0.1, 0.15) is 11.3 Å². The number of para-hydroxylation sites is 2. The van der Waals surface area contributed by atoms with Crippen LogP contribution in [0.25, 0.3) is 22.7 Å². The van der Waals surface area contributed by atoms with Crippen LogP contribution in [-0.4, -0.2) is 53.4 Å². The van der Waals surface area contributed by atoms with E-state index in [0.29, 0.717) is 51.2 Å². The third kappa shape index (κ3) is 4.88. The second-order valence-corrected chi connectivity index (χ2v) is 7.74. The van der Waals surface area contributed by atoms with Gasteiger partial charge < -0.3 is 32.8 Å². The van der Waals surface area contributed by atoms with E-state index >= 15 is 0 Å². The molecule has 9 nitrogen and oxygen atoms in total. The minimum Gasteiger partial charge on any atom is -0.496 e. The third-order valence-electron chi connectivity index (χ3n) is 5.73. The van der Waals surface area contributed by atoms with Gasteiger partial charge in [-0.2, -0.15) is 0 Å². The summed E-state index contributed by atoms with van der Waals surface area (Å²) in [5.41, 5.74) is 2.16. The number of benzene rings is 3. The van der Waals surface area contributed by atoms with Gasteiger partial charge in [-0.3, -0.25) is 4.79 Å². The Bertz CT molecular complexity index is 1410. The molecule has 0 saturated heterocycles. The molecule has 0 bridgehead atoms. The smallest absolute Gasteiger partial charge is 0.231 e. The Hall–Kier alpha value is -4.66. The van der Waals surface area contributed by atoms with Crippen molar-refractivity contribution in [2.24, 2.45) is 0 Å². The van der Waals surface area contributed by atoms with Crippen molar-refractivity contribution in [2.75, 3.05) is 42.7 Å². The lowest BCUT2D eigenvalue weighted by Crippen LogP contribution is -2.06. The average Bonchev–Trinajstić information content (AvgIpc) is 3.38. The Morgan fingerprint density at radius 3 is 1.89 bits per heavy atom. The van der Waals surface area contributed by atoms with Crippen LogP contribution in [0.3, 0.4) is 0 Å². The lowest BCUT2D eigenvalue weighted by molar-refractivity contribution is 0.105. The fourth-order valence-electron chi connectivity index (χ4n) is 3.90. The lowest BCUT2D eigenvalue weighted by atomic mass is 9.99. The number of rotatable bonds is 10. The second kappa shape index (κ2) is 10.9. The number of carbonyl (C=O) groups is 1. The van der Waals surface area contributed by atoms with Crippen LogP contribution in [0.15, 0.2) is 52.9 Å². The lowest BCUT2D eigenvalue weighted by Gasteiger charge is -2.15. The largest absolute Gasteiger partial charge is 0.496 e. The van der Waals surface area contributed by atoms with E-state index in [0.717, 1.165) is 0 Å². The van der Waals surface area contributed by atoms with Gasteiger partial charge in [0.15, 0.2) is 34.4 Å². The molecule has 3 aromatic carbocycles. The Morgan fingerprint density at radius 1 is 0.730 bits per heavy atom. The highest BCUT2D eigenvalue weighted by Gasteiger charge is 2.25. The number of methoxy groups -OCH3 is 6. The molecule has 0 aliphatic rings. The maximum atomic E-state index is 14.0. The number of hydrogen-bond donors (Lipinski definition) is 0. The molecule has 0 unspecified atom stereocenters. The van der Waals surface area contributed by atoms with Crippen molar-refractivity contribution < 1.29 is 37.6 Å². The molecule has 192 valence electrons. The van der Waals surface area contributed by atoms with Crippen molar-refractivity contribution >= 4 is 28.5 Å². The molecule has 0 fully saturated rings. The molecule has 0 saturated carbocycles. The van der Waals surface area contributed by atoms with Gasteiger partial charge in [0.05, 0.1) is 48.2 Å². The number of hydrogen-bond acceptors (Lipinski definition) is 9. The fraction of sp³-hybridized carbons (Fsp3) is 0.214. The van der Waals surface area contributed by atoms with Gasteiger partial charge in [0.25, 0.3) is 0 Å². The molecule has 0 N–H and O–H groups in total. The molecule has 4 aromatic rings. The highest BCUT2D eigenvalue weighted by atomic mass is 16.5. The standard InChI is InChI=1S/C28H27NO8/c1-31-21-15-23(33-3)22(32-2)12-16(21)11-18(28-29-19-9-7-8-10-20(19)37-28)26(30)17-13-24(34-4)27(36-6)25(14-17)35-5/h7-15H,1-6H3. The molecule has 1 aromatic heterocycles. The van der Waals surface area contributed by atoms with Gasteiger partial charge in [-0.15, -0.1) is 0 Å². The Kier molecular flexibility index (Phi) is 7.52. The first-order valence-corrected chi connectivity index (χ1v) is 11.2. The summed E-state index contributed by atoms with van der Waals surface area (Å²) in [4.78, 5) is 18.6. The molecular weight excluding hydrogens is 478 g/mol. The predicted octanol–water partition coefficient (Wildman–Crippen LogP) is 5.30. The summed E-state index contributed by atoms with van der Waals surface area (Å²) >= 11 is 0. The van der Waals surface area contributed by atoms with Crippen molar-refractivity contribution in [1.29, 1.82) is 0 Å². The quantitative estimate of drug-likeness (QED) is 0.210. The van der Waals surface area contributed by atoms with Gasteiger partial charge in [-0.1, -0.05) is 12.1 Å². The highest BCUT2D eigenvalue weighted by Crippen LogP contribution is 2.41. The van der Waals surface area contributed by atoms with E-state index in [2.05, 4.69) is 4.98 Å². The number of ether oxygens (including phenoxy) is 6. The first kappa shape index (κ1) is 25.4. The summed E-state index contributed by atoms with van der Waals surface area (Å²) < 4.78 is 38.7. The first-order valence-electron chi connectivity index (χ1n) is 11.2. The Labute approximate surface area is 214 Å². The summed E-state index contributed by atoms with van der Waals surface area (Å²) in [6.07, 6.45) is 1.64. The molecule has 1 heterocycles. The van der Waals surface area contributed by atoms with Crippen molar-refractivity contribution in [3.8, 4) is 34.5 Å². The van der Waals surface area contributed by atoms with Crippen LogP contribution in [-0.2, 0) is 0 Å². The summed E-state index contributed by atoms with van der Waals surface area (Å²) in [7, 11) is 9.05. The number of nitrogens with zero attached hydrogens (tertiary/aromatic N) is 1. The van der Waals surface area contributed by atoms with Gasteiger partial charge in [-0.25, -0.2) is 4.98 Å². The molecule has 0 spiro atoms. The Morgan fingerprint density at radius 2 is 1.32 bits per heavy atom. The molecule has 0 amide bonds. The first-order chi connectivity index (χ1) is 18.0. The number of carbonyl (C=O) groups excluding carboxylic acids is 1. The predicted molar refractivity (Wildman–Crippen MR) is 138 cm³/mol. The molecular formula is C28H27NO8. The molecule has 0 aliphatic carbocycles. The SMILES string of the molecule is COc1cc(OC)c(OC)cc1C=C(C(=O)c1cc(OC)c(OC)c(OC)c1)c1nc2ccccc2o1. The van der Waals surface area contributed by atoms with Crippen LogP contribution >= 0.6 is 0 Å². The van der Waals surface area contributed by atoms with E-state index in [-0.39, 0.29) is 22.8 Å². The van der Waals surface area contributed by atoms with E-state index in [9.17, 15) is 4.79 Å². The van der Waals surface area contributed by atoms with E-state index < -0.39 is 0 Å². The van der Waals surface area contributed by atoms with E-state index in [1.807, 2.05) is 12.1 Å². The number of fused-ring (bicyclic) bond motifs is 1. The van der Waals surface area contributed by atoms with Crippen LogP contribution < -0.4 is 28.4 Å². The van der Waals surface area contributed by atoms with Crippen LogP contribution in [0.4, 0.5) is 0 Å². The van der Waals surface area contributed by atoms with Crippen LogP contribution in [0.1, 0.15) is 21.8 Å². The van der Waals surface area contributed by atoms with Gasteiger partial charge in [0.2, 0.25) is 11.6 Å². The van der Waals surface area contributed by atoms with E-state index in [4.69, 9.17) is 32.8 Å². The summed E-state index contributed by atoms with van der Waals surface area (Å²) in [6, 6.07) is 13.8. The molecule has 0 atom stereocenters. The monoisotopic (exact) mass is 505 g/mol. The van der Waals surface area contributed by atoms with Crippen molar-refractivity contribution in [1.82, 2.24) is 4.98 Å². The molecule has 0 radical (unpaired) electrons. The zero-order valence-electron chi connectivity index (χ0n) is 21.4. The summed E-state index contributed by atoms with van der Waals surface area (Å²) in [6.45, 7) is 0. The van der Waals surface area contributed by atoms with Gasteiger partial charge in [0, 0.05) is 17.2 Å². The van der Waals surface area contributed by atoms with Crippen molar-refractivity contribution in [3.63, 3.8) is 0 Å². The van der Waals surface area contributed by atoms with Crippen molar-refractivity contribution in [3.05, 3.63) is 65.5 Å². The van der Waals surface area contributed by atoms with E-state index in [1.54, 1.807) is 42.5 Å². The second-order valence-electron chi connectivity index (χ2n) is 7.74. The molecule has 37 heavy (non-hydrogen) atoms. The number of oxazole rings is 1. The molecule has 4 rings (SSSR count). The maximum Gasteiger partial charge on any atom is 0.231 e. The zero-order valence-corrected chi connectivity index (χ0v) is 21.4. The number of ketones is 1. The van der Waals surface area contributed by atoms with Gasteiger partial charge >= 0.3 is 0 Å². The number of aromatic nitrogens is 1. The minimum absolute atomic E-state index is 0.136. The number of allylic oxidation sites excluding steroid dienone is 1. The molecule has 9 heteroatoms. The average molecular weight is 506 g/mol. The normalized spacial score (nSPS) is 11.2. The van der Waals surface area contributed by atoms with Crippen LogP contribution in [0.5, 0.6) is 34.5 Å². The van der Waals surface area contributed by atoms with Crippen molar-refractivity contribution in [2.45, 2.75) is 0 Å². The fourth-order valence-corrected chi connectivity index (χ4v) is 3.90. The topological polar surface area (TPSA) is 98.5 Å². The Balaban J connectivity index is 1.96. The third-order valence-corrected chi connectivity index (χ3v) is 5.73. The van der Waals surface area contributed by atoms with E-state index in [1.165, 1.54) is 42.7 Å². The highest BCUT2D eigenvalue weighted by molar-refractivity contribution is 6.32. The summed E-state index contributed by atoms with van der Waals surface area (Å²) in [5.74, 6) is 2.21. The van der Waals surface area contributed by atoms with Gasteiger partial charge in [-0.05, 0) is 36.4 Å². The maximum absolute atomic E-state index is 14.0. The minimum atomic E-state index is -0.386. The summed E-state index contributed by atoms with van der Waals surface area (Å²) in [5, 5.41) is 0. The van der Waals surface area contributed by atoms with Crippen LogP contribution in [0, 0.1) is 0 Å². The zero-order chi connectivity index (χ0) is 26.5. The molecule has 0 aliphatic heterocycles.